The minimum atomic E-state index is 0.420. The average molecular weight is 359 g/mol. The zero-order valence-corrected chi connectivity index (χ0v) is 17.8. The van der Waals surface area contributed by atoms with Gasteiger partial charge < -0.3 is 4.90 Å². The smallest absolute Gasteiger partial charge is 0.0759 e. The fourth-order valence-corrected chi connectivity index (χ4v) is 4.77. The highest BCUT2D eigenvalue weighted by Crippen LogP contribution is 2.33. The maximum absolute atomic E-state index is 4.80. The van der Waals surface area contributed by atoms with Gasteiger partial charge in [-0.1, -0.05) is 20.8 Å². The molecule has 0 radical (unpaired) electrons. The van der Waals surface area contributed by atoms with E-state index in [0.717, 1.165) is 35.5 Å². The van der Waals surface area contributed by atoms with Gasteiger partial charge in [-0.2, -0.15) is 0 Å². The van der Waals surface area contributed by atoms with Crippen molar-refractivity contribution in [1.82, 2.24) is 19.8 Å². The van der Waals surface area contributed by atoms with Crippen molar-refractivity contribution in [1.29, 1.82) is 0 Å². The number of piperidine rings is 1. The molecule has 2 saturated heterocycles. The molecule has 26 heavy (non-hydrogen) atoms. The van der Waals surface area contributed by atoms with Gasteiger partial charge in [-0.05, 0) is 76.9 Å². The lowest BCUT2D eigenvalue weighted by Crippen LogP contribution is -2.37. The van der Waals surface area contributed by atoms with Gasteiger partial charge in [0.05, 0.1) is 22.8 Å². The second-order valence-corrected chi connectivity index (χ2v) is 9.88. The summed E-state index contributed by atoms with van der Waals surface area (Å²) >= 11 is 0. The van der Waals surface area contributed by atoms with Crippen LogP contribution in [-0.4, -0.2) is 52.5 Å². The van der Waals surface area contributed by atoms with Crippen molar-refractivity contribution in [2.24, 2.45) is 17.3 Å². The first-order chi connectivity index (χ1) is 12.2. The maximum atomic E-state index is 4.80. The summed E-state index contributed by atoms with van der Waals surface area (Å²) < 4.78 is 0. The lowest BCUT2D eigenvalue weighted by atomic mass is 9.83. The average Bonchev–Trinajstić information content (AvgIpc) is 3.00. The topological polar surface area (TPSA) is 32.3 Å². The fourth-order valence-electron chi connectivity index (χ4n) is 4.77. The Hall–Kier alpha value is -1.00. The first kappa shape index (κ1) is 19.8. The van der Waals surface area contributed by atoms with Crippen LogP contribution in [0.25, 0.3) is 0 Å². The third-order valence-electron chi connectivity index (χ3n) is 6.26. The van der Waals surface area contributed by atoms with E-state index in [1.54, 1.807) is 0 Å². The van der Waals surface area contributed by atoms with E-state index in [1.807, 2.05) is 0 Å². The number of nitrogens with zero attached hydrogens (tertiary/aromatic N) is 4. The molecule has 0 amide bonds. The first-order valence-corrected chi connectivity index (χ1v) is 10.5. The number of likely N-dealkylation sites (tertiary alicyclic amines) is 2. The Morgan fingerprint density at radius 2 is 1.38 bits per heavy atom. The third-order valence-corrected chi connectivity index (χ3v) is 6.26. The largest absolute Gasteiger partial charge is 0.303 e. The summed E-state index contributed by atoms with van der Waals surface area (Å²) in [6.07, 6.45) is 4.11. The molecule has 1 atom stereocenters. The van der Waals surface area contributed by atoms with Gasteiger partial charge in [0.25, 0.3) is 0 Å². The van der Waals surface area contributed by atoms with Gasteiger partial charge in [0.2, 0.25) is 0 Å². The highest BCUT2D eigenvalue weighted by molar-refractivity contribution is 5.17. The highest BCUT2D eigenvalue weighted by Gasteiger charge is 2.33. The Kier molecular flexibility index (Phi) is 6.03. The van der Waals surface area contributed by atoms with Crippen LogP contribution in [0.4, 0.5) is 0 Å². The number of aryl methyl sites for hydroxylation is 3. The SMILES string of the molecule is Cc1nc(C)c(CN2CCC(C3CCN(CC(C)(C)C)C3)CC2)nc1C. The molecule has 0 saturated carbocycles. The van der Waals surface area contributed by atoms with Gasteiger partial charge in [0.15, 0.2) is 0 Å². The molecule has 0 N–H and O–H groups in total. The van der Waals surface area contributed by atoms with Crippen molar-refractivity contribution in [3.8, 4) is 0 Å². The number of hydrogen-bond donors (Lipinski definition) is 0. The Balaban J connectivity index is 1.48. The number of aromatic nitrogens is 2. The van der Waals surface area contributed by atoms with Crippen molar-refractivity contribution in [3.63, 3.8) is 0 Å². The molecule has 1 aromatic heterocycles. The normalized spacial score (nSPS) is 23.7. The molecule has 0 bridgehead atoms. The predicted octanol–water partition coefficient (Wildman–Crippen LogP) is 3.98. The van der Waals surface area contributed by atoms with Crippen LogP contribution >= 0.6 is 0 Å². The summed E-state index contributed by atoms with van der Waals surface area (Å²) in [5.41, 5.74) is 4.83. The van der Waals surface area contributed by atoms with Crippen molar-refractivity contribution in [2.45, 2.75) is 67.3 Å². The zero-order valence-electron chi connectivity index (χ0n) is 17.8. The van der Waals surface area contributed by atoms with Gasteiger partial charge in [0, 0.05) is 19.6 Å². The van der Waals surface area contributed by atoms with Crippen LogP contribution in [0.1, 0.15) is 62.8 Å². The lowest BCUT2D eigenvalue weighted by molar-refractivity contribution is 0.136. The highest BCUT2D eigenvalue weighted by atomic mass is 15.2. The Labute approximate surface area is 160 Å². The lowest BCUT2D eigenvalue weighted by Gasteiger charge is -2.35. The molecule has 2 fully saturated rings. The Morgan fingerprint density at radius 3 is 2.04 bits per heavy atom. The molecule has 4 nitrogen and oxygen atoms in total. The Bertz CT molecular complexity index is 611. The van der Waals surface area contributed by atoms with E-state index in [2.05, 4.69) is 56.3 Å². The van der Waals surface area contributed by atoms with E-state index >= 15 is 0 Å². The van der Waals surface area contributed by atoms with Crippen molar-refractivity contribution in [3.05, 3.63) is 22.8 Å². The standard InChI is InChI=1S/C22H38N4/c1-16-17(2)24-21(18(3)23-16)14-25-10-7-19(8-11-25)20-9-12-26(13-20)15-22(4,5)6/h19-20H,7-15H2,1-6H3. The van der Waals surface area contributed by atoms with E-state index in [9.17, 15) is 0 Å². The second-order valence-electron chi connectivity index (χ2n) is 9.88. The summed E-state index contributed by atoms with van der Waals surface area (Å²) in [6, 6.07) is 0. The van der Waals surface area contributed by atoms with Crippen molar-refractivity contribution >= 4 is 0 Å². The van der Waals surface area contributed by atoms with Crippen LogP contribution in [0, 0.1) is 38.0 Å². The number of hydrogen-bond acceptors (Lipinski definition) is 4. The summed E-state index contributed by atoms with van der Waals surface area (Å²) in [5.74, 6) is 1.84. The molecule has 3 heterocycles. The molecular formula is C22H38N4. The minimum absolute atomic E-state index is 0.420. The summed E-state index contributed by atoms with van der Waals surface area (Å²) in [4.78, 5) is 14.7. The molecule has 1 unspecified atom stereocenters. The Morgan fingerprint density at radius 1 is 0.808 bits per heavy atom. The molecule has 0 aliphatic carbocycles. The van der Waals surface area contributed by atoms with E-state index in [4.69, 9.17) is 4.98 Å². The van der Waals surface area contributed by atoms with Gasteiger partial charge >= 0.3 is 0 Å². The minimum Gasteiger partial charge on any atom is -0.303 e. The molecule has 146 valence electrons. The van der Waals surface area contributed by atoms with Gasteiger partial charge in [-0.25, -0.2) is 0 Å². The second kappa shape index (κ2) is 7.93. The van der Waals surface area contributed by atoms with E-state index in [-0.39, 0.29) is 0 Å². The van der Waals surface area contributed by atoms with Crippen LogP contribution in [0.3, 0.4) is 0 Å². The molecule has 2 aliphatic rings. The van der Waals surface area contributed by atoms with E-state index in [0.29, 0.717) is 5.41 Å². The van der Waals surface area contributed by atoms with Gasteiger partial charge in [-0.3, -0.25) is 14.9 Å². The molecule has 1 aromatic rings. The van der Waals surface area contributed by atoms with Gasteiger partial charge in [-0.15, -0.1) is 0 Å². The summed E-state index contributed by atoms with van der Waals surface area (Å²) in [7, 11) is 0. The fraction of sp³-hybridized carbons (Fsp3) is 0.818. The first-order valence-electron chi connectivity index (χ1n) is 10.5. The molecule has 0 aromatic carbocycles. The quantitative estimate of drug-likeness (QED) is 0.815. The summed E-state index contributed by atoms with van der Waals surface area (Å²) in [6.45, 7) is 20.6. The summed E-state index contributed by atoms with van der Waals surface area (Å²) in [5, 5.41) is 0. The molecule has 4 heteroatoms. The molecule has 2 aliphatic heterocycles. The third kappa shape index (κ3) is 5.04. The molecule has 3 rings (SSSR count). The van der Waals surface area contributed by atoms with Gasteiger partial charge in [0.1, 0.15) is 0 Å². The maximum Gasteiger partial charge on any atom is 0.0759 e. The van der Waals surface area contributed by atoms with E-state index in [1.165, 1.54) is 57.7 Å². The van der Waals surface area contributed by atoms with E-state index < -0.39 is 0 Å². The van der Waals surface area contributed by atoms with Crippen LogP contribution in [-0.2, 0) is 6.54 Å². The monoisotopic (exact) mass is 358 g/mol. The number of rotatable bonds is 4. The zero-order chi connectivity index (χ0) is 18.9. The van der Waals surface area contributed by atoms with Crippen LogP contribution in [0.5, 0.6) is 0 Å². The molecular weight excluding hydrogens is 320 g/mol. The predicted molar refractivity (Wildman–Crippen MR) is 108 cm³/mol. The van der Waals surface area contributed by atoms with Crippen molar-refractivity contribution in [2.75, 3.05) is 32.7 Å². The van der Waals surface area contributed by atoms with Crippen molar-refractivity contribution < 1.29 is 0 Å². The van der Waals surface area contributed by atoms with Crippen LogP contribution < -0.4 is 0 Å². The van der Waals surface area contributed by atoms with Crippen LogP contribution in [0.2, 0.25) is 0 Å². The van der Waals surface area contributed by atoms with Crippen LogP contribution in [0.15, 0.2) is 0 Å². The molecule has 0 spiro atoms.